The Kier molecular flexibility index (Phi) is 7.83. The largest absolute Gasteiger partial charge is 0.460 e. The molecule has 2 N–H and O–H groups in total. The van der Waals surface area contributed by atoms with Crippen molar-refractivity contribution >= 4 is 29.4 Å². The molecule has 4 heterocycles. The van der Waals surface area contributed by atoms with Gasteiger partial charge in [0, 0.05) is 31.8 Å². The Hall–Kier alpha value is -3.50. The predicted molar refractivity (Wildman–Crippen MR) is 146 cm³/mol. The van der Waals surface area contributed by atoms with E-state index in [0.29, 0.717) is 12.1 Å². The summed E-state index contributed by atoms with van der Waals surface area (Å²) >= 11 is 0. The molecule has 3 amide bonds. The molecular weight excluding hydrogens is 514 g/mol. The van der Waals surface area contributed by atoms with Crippen molar-refractivity contribution < 1.29 is 33.8 Å². The number of benzene rings is 1. The number of anilines is 1. The van der Waals surface area contributed by atoms with E-state index in [0.717, 1.165) is 11.1 Å². The van der Waals surface area contributed by atoms with Gasteiger partial charge in [-0.05, 0) is 50.8 Å². The summed E-state index contributed by atoms with van der Waals surface area (Å²) in [4.78, 5) is 57.5. The molecule has 5 bridgehead atoms. The van der Waals surface area contributed by atoms with Gasteiger partial charge in [-0.3, -0.25) is 19.2 Å². The molecule has 1 spiro atoms. The third kappa shape index (κ3) is 4.83. The monoisotopic (exact) mass is 551 g/mol. The van der Waals surface area contributed by atoms with Crippen LogP contribution in [0.3, 0.4) is 0 Å². The summed E-state index contributed by atoms with van der Waals surface area (Å²) in [6, 6.07) is 4.83. The number of ether oxygens (including phenoxy) is 2. The molecule has 0 saturated carbocycles. The smallest absolute Gasteiger partial charge is 0.313 e. The average Bonchev–Trinajstić information content (AvgIpc) is 3.56. The van der Waals surface area contributed by atoms with E-state index in [4.69, 9.17) is 9.47 Å². The number of fused-ring (bicyclic) bond motifs is 2. The van der Waals surface area contributed by atoms with Crippen molar-refractivity contribution in [1.82, 2.24) is 10.2 Å². The van der Waals surface area contributed by atoms with E-state index in [1.165, 1.54) is 4.90 Å². The lowest BCUT2D eigenvalue weighted by molar-refractivity contribution is -0.158. The zero-order chi connectivity index (χ0) is 28.6. The number of hydrogen-bond donors (Lipinski definition) is 2. The van der Waals surface area contributed by atoms with Crippen LogP contribution in [0.4, 0.5) is 5.69 Å². The van der Waals surface area contributed by atoms with E-state index in [1.807, 2.05) is 44.2 Å². The van der Waals surface area contributed by atoms with Crippen molar-refractivity contribution in [1.29, 1.82) is 0 Å². The van der Waals surface area contributed by atoms with Crippen LogP contribution in [-0.2, 0) is 28.7 Å². The number of nitrogens with one attached hydrogen (secondary N) is 1. The summed E-state index contributed by atoms with van der Waals surface area (Å²) in [5, 5.41) is 12.4. The highest BCUT2D eigenvalue weighted by Gasteiger charge is 2.73. The van der Waals surface area contributed by atoms with E-state index < -0.39 is 41.7 Å². The van der Waals surface area contributed by atoms with E-state index in [-0.39, 0.29) is 56.8 Å². The number of hydrogen-bond acceptors (Lipinski definition) is 7. The number of allylic oxidation sites excluding steroid dienone is 1. The molecule has 40 heavy (non-hydrogen) atoms. The molecule has 6 atom stereocenters. The highest BCUT2D eigenvalue weighted by molar-refractivity contribution is 6.05. The molecule has 1 aromatic carbocycles. The van der Waals surface area contributed by atoms with Gasteiger partial charge >= 0.3 is 5.97 Å². The van der Waals surface area contributed by atoms with E-state index in [1.54, 1.807) is 24.0 Å². The molecule has 4 aliphatic rings. The fraction of sp³-hybridized carbons (Fsp3) is 0.533. The third-order valence-corrected chi connectivity index (χ3v) is 8.26. The number of cyclic esters (lactones) is 1. The van der Waals surface area contributed by atoms with Crippen molar-refractivity contribution in [3.05, 3.63) is 53.6 Å². The normalized spacial score (nSPS) is 33.2. The Bertz CT molecular complexity index is 1260. The summed E-state index contributed by atoms with van der Waals surface area (Å²) in [5.74, 6) is -3.31. The molecule has 10 heteroatoms. The van der Waals surface area contributed by atoms with Crippen molar-refractivity contribution in [3.8, 4) is 0 Å². The summed E-state index contributed by atoms with van der Waals surface area (Å²) in [6.07, 6.45) is 6.93. The quantitative estimate of drug-likeness (QED) is 0.430. The highest BCUT2D eigenvalue weighted by Crippen LogP contribution is 2.55. The molecule has 0 unspecified atom stereocenters. The van der Waals surface area contributed by atoms with Crippen molar-refractivity contribution in [2.75, 3.05) is 31.1 Å². The maximum Gasteiger partial charge on any atom is 0.313 e. The van der Waals surface area contributed by atoms with Gasteiger partial charge in [-0.25, -0.2) is 0 Å². The first-order valence-corrected chi connectivity index (χ1v) is 14.0. The number of carbonyl (C=O) groups excluding carboxylic acids is 4. The number of esters is 1. The Morgan fingerprint density at radius 1 is 1.12 bits per heavy atom. The molecule has 4 aliphatic heterocycles. The molecule has 0 aromatic heterocycles. The lowest BCUT2D eigenvalue weighted by atomic mass is 9.74. The third-order valence-electron chi connectivity index (χ3n) is 8.26. The number of carbonyl (C=O) groups is 4. The fourth-order valence-electron chi connectivity index (χ4n) is 6.34. The van der Waals surface area contributed by atoms with Crippen LogP contribution in [0.25, 0.3) is 0 Å². The van der Waals surface area contributed by atoms with E-state index >= 15 is 0 Å². The van der Waals surface area contributed by atoms with E-state index in [2.05, 4.69) is 5.32 Å². The van der Waals surface area contributed by atoms with Crippen molar-refractivity contribution in [2.45, 2.75) is 63.9 Å². The van der Waals surface area contributed by atoms with Crippen LogP contribution in [0, 0.1) is 25.7 Å². The van der Waals surface area contributed by atoms with Crippen LogP contribution >= 0.6 is 0 Å². The zero-order valence-corrected chi connectivity index (χ0v) is 23.2. The fourth-order valence-corrected chi connectivity index (χ4v) is 6.34. The van der Waals surface area contributed by atoms with Gasteiger partial charge in [0.15, 0.2) is 0 Å². The molecule has 214 valence electrons. The second-order valence-corrected chi connectivity index (χ2v) is 11.1. The van der Waals surface area contributed by atoms with Crippen LogP contribution in [0.1, 0.15) is 37.3 Å². The van der Waals surface area contributed by atoms with Crippen LogP contribution in [-0.4, -0.2) is 83.8 Å². The lowest BCUT2D eigenvalue weighted by Gasteiger charge is -2.36. The number of aliphatic hydroxyl groups is 1. The van der Waals surface area contributed by atoms with Crippen molar-refractivity contribution in [2.24, 2.45) is 11.8 Å². The van der Waals surface area contributed by atoms with Crippen LogP contribution < -0.4 is 10.2 Å². The number of aliphatic hydroxyl groups excluding tert-OH is 1. The number of nitrogens with zero attached hydrogens (tertiary/aromatic N) is 2. The Labute approximate surface area is 234 Å². The molecule has 0 aliphatic carbocycles. The molecule has 0 radical (unpaired) electrons. The zero-order valence-electron chi connectivity index (χ0n) is 23.2. The predicted octanol–water partition coefficient (Wildman–Crippen LogP) is 1.57. The molecule has 10 nitrogen and oxygen atoms in total. The summed E-state index contributed by atoms with van der Waals surface area (Å²) in [5.41, 5.74) is 1.24. The number of rotatable bonds is 4. The number of amides is 3. The molecule has 5 rings (SSSR count). The maximum absolute atomic E-state index is 14.6. The number of aryl methyl sites for hydroxylation is 2. The summed E-state index contributed by atoms with van der Waals surface area (Å²) in [6.45, 7) is 5.92. The number of likely N-dealkylation sites (tertiary alicyclic amines) is 1. The van der Waals surface area contributed by atoms with Crippen LogP contribution in [0.2, 0.25) is 0 Å². The van der Waals surface area contributed by atoms with Gasteiger partial charge in [0.05, 0.1) is 18.6 Å². The van der Waals surface area contributed by atoms with Gasteiger partial charge in [0.1, 0.15) is 23.7 Å². The average molecular weight is 552 g/mol. The first-order valence-electron chi connectivity index (χ1n) is 14.0. The minimum absolute atomic E-state index is 0.145. The minimum atomic E-state index is -1.33. The van der Waals surface area contributed by atoms with Gasteiger partial charge in [-0.1, -0.05) is 36.4 Å². The van der Waals surface area contributed by atoms with Crippen LogP contribution in [0.15, 0.2) is 42.5 Å². The van der Waals surface area contributed by atoms with Crippen molar-refractivity contribution in [3.63, 3.8) is 0 Å². The molecule has 2 saturated heterocycles. The lowest BCUT2D eigenvalue weighted by Crippen LogP contribution is -2.56. The Balaban J connectivity index is 1.61. The second kappa shape index (κ2) is 11.2. The maximum atomic E-state index is 14.6. The van der Waals surface area contributed by atoms with Gasteiger partial charge in [0.2, 0.25) is 11.8 Å². The molecule has 2 fully saturated rings. The highest BCUT2D eigenvalue weighted by atomic mass is 16.6. The topological polar surface area (TPSA) is 125 Å². The van der Waals surface area contributed by atoms with Gasteiger partial charge in [-0.15, -0.1) is 0 Å². The van der Waals surface area contributed by atoms with Gasteiger partial charge in [-0.2, -0.15) is 0 Å². The van der Waals surface area contributed by atoms with Crippen LogP contribution in [0.5, 0.6) is 0 Å². The minimum Gasteiger partial charge on any atom is -0.460 e. The molecule has 1 aromatic rings. The second-order valence-electron chi connectivity index (χ2n) is 11.1. The standard InChI is InChI=1S/C30H37N3O7/c1-18-9-10-19(2)21(16-18)32-13-6-4-5-8-23(35)31-17-20(3)39-29(38)24-22-11-12-30(40-22)25(24)27(36)33(14-7-15-34)26(30)28(32)37/h4,6,9-12,16,20,22,24-26,34H,5,7-8,13-15,17H2,1-3H3,(H,31,35)/b6-4-/t20-,22+,24-,25-,26+,30-/m1/s1. The summed E-state index contributed by atoms with van der Waals surface area (Å²) in [7, 11) is 0. The van der Waals surface area contributed by atoms with Gasteiger partial charge in [0.25, 0.3) is 5.91 Å². The first-order chi connectivity index (χ1) is 19.2. The Morgan fingerprint density at radius 3 is 2.70 bits per heavy atom. The SMILES string of the molecule is Cc1ccc(C)c(N2C/C=C\CCC(=O)NC[C@@H](C)OC(=O)[C@@H]3[C@@H]4C=C[C@]5(O4)[C@H](C2=O)N(CCCO)C(=O)[C@@H]35)c1. The first kappa shape index (κ1) is 28.0. The Morgan fingerprint density at radius 2 is 1.93 bits per heavy atom. The molecular formula is C30H37N3O7. The summed E-state index contributed by atoms with van der Waals surface area (Å²) < 4.78 is 12.1. The van der Waals surface area contributed by atoms with E-state index in [9.17, 15) is 24.3 Å². The van der Waals surface area contributed by atoms with Gasteiger partial charge < -0.3 is 29.7 Å².